The lowest BCUT2D eigenvalue weighted by Crippen LogP contribution is -2.41. The van der Waals surface area contributed by atoms with E-state index in [0.717, 1.165) is 6.42 Å². The Kier molecular flexibility index (Phi) is 5.78. The molecule has 0 fully saturated rings. The number of sulfonamides is 1. The van der Waals surface area contributed by atoms with Gasteiger partial charge in [0.2, 0.25) is 10.0 Å². The van der Waals surface area contributed by atoms with Crippen LogP contribution in [0.2, 0.25) is 0 Å². The molecule has 1 aromatic rings. The molecular weight excluding hydrogens is 318 g/mol. The van der Waals surface area contributed by atoms with Gasteiger partial charge in [0.25, 0.3) is 0 Å². The van der Waals surface area contributed by atoms with Crippen LogP contribution in [0.5, 0.6) is 0 Å². The summed E-state index contributed by atoms with van der Waals surface area (Å²) in [5.74, 6) is 0.0805. The van der Waals surface area contributed by atoms with Gasteiger partial charge in [-0.3, -0.25) is 0 Å². The molecule has 0 bridgehead atoms. The van der Waals surface area contributed by atoms with E-state index in [1.807, 2.05) is 13.8 Å². The first-order chi connectivity index (χ1) is 8.40. The van der Waals surface area contributed by atoms with Gasteiger partial charge in [-0.1, -0.05) is 42.3 Å². The van der Waals surface area contributed by atoms with Crippen LogP contribution in [-0.2, 0) is 10.0 Å². The van der Waals surface area contributed by atoms with Gasteiger partial charge in [0.15, 0.2) is 0 Å². The second kappa shape index (κ2) is 6.65. The van der Waals surface area contributed by atoms with E-state index in [2.05, 4.69) is 20.7 Å². The summed E-state index contributed by atoms with van der Waals surface area (Å²) in [6.45, 7) is 3.66. The first kappa shape index (κ1) is 15.6. The molecule has 0 radical (unpaired) electrons. The summed E-state index contributed by atoms with van der Waals surface area (Å²) in [5.41, 5.74) is 0. The number of halogens is 1. The minimum atomic E-state index is -3.59. The number of nitrogens with one attached hydrogen (secondary N) is 1. The number of hydrogen-bond donors (Lipinski definition) is 2. The van der Waals surface area contributed by atoms with Crippen molar-refractivity contribution in [3.8, 4) is 0 Å². The molecule has 2 atom stereocenters. The maximum atomic E-state index is 12.1. The first-order valence-electron chi connectivity index (χ1n) is 5.79. The van der Waals surface area contributed by atoms with E-state index in [1.165, 1.54) is 12.1 Å². The van der Waals surface area contributed by atoms with Crippen LogP contribution in [-0.4, -0.2) is 26.2 Å². The highest BCUT2D eigenvalue weighted by molar-refractivity contribution is 9.10. The normalized spacial score (nSPS) is 15.3. The topological polar surface area (TPSA) is 66.4 Å². The van der Waals surface area contributed by atoms with Crippen LogP contribution in [0.1, 0.15) is 20.3 Å². The van der Waals surface area contributed by atoms with Crippen molar-refractivity contribution in [2.75, 3.05) is 6.61 Å². The average molecular weight is 336 g/mol. The summed E-state index contributed by atoms with van der Waals surface area (Å²) in [5, 5.41) is 9.26. The molecule has 0 saturated carbocycles. The molecule has 102 valence electrons. The van der Waals surface area contributed by atoms with Crippen molar-refractivity contribution in [1.82, 2.24) is 4.72 Å². The molecule has 2 N–H and O–H groups in total. The van der Waals surface area contributed by atoms with Crippen LogP contribution >= 0.6 is 15.9 Å². The summed E-state index contributed by atoms with van der Waals surface area (Å²) in [6, 6.07) is 6.03. The molecule has 0 aliphatic rings. The van der Waals surface area contributed by atoms with Gasteiger partial charge >= 0.3 is 0 Å². The Morgan fingerprint density at radius 2 is 2.11 bits per heavy atom. The molecule has 0 aromatic heterocycles. The Labute approximate surface area is 117 Å². The van der Waals surface area contributed by atoms with E-state index in [9.17, 15) is 13.5 Å². The number of aliphatic hydroxyl groups is 1. The minimum absolute atomic E-state index is 0.0805. The standard InChI is InChI=1S/C12H18BrNO3S/c1-3-9(2)12(8-15)14-18(16,17)11-6-4-5-10(13)7-11/h4-7,9,12,14-15H,3,8H2,1-2H3. The van der Waals surface area contributed by atoms with Gasteiger partial charge in [-0.15, -0.1) is 0 Å². The Balaban J connectivity index is 2.94. The summed E-state index contributed by atoms with van der Waals surface area (Å²) < 4.78 is 27.5. The highest BCUT2D eigenvalue weighted by Gasteiger charge is 2.23. The highest BCUT2D eigenvalue weighted by atomic mass is 79.9. The predicted molar refractivity (Wildman–Crippen MR) is 74.8 cm³/mol. The molecule has 4 nitrogen and oxygen atoms in total. The zero-order valence-corrected chi connectivity index (χ0v) is 12.8. The summed E-state index contributed by atoms with van der Waals surface area (Å²) in [4.78, 5) is 0.193. The van der Waals surface area contributed by atoms with Crippen molar-refractivity contribution >= 4 is 26.0 Å². The third-order valence-electron chi connectivity index (χ3n) is 2.94. The molecule has 0 spiro atoms. The predicted octanol–water partition coefficient (Wildman–Crippen LogP) is 2.13. The molecule has 6 heteroatoms. The maximum absolute atomic E-state index is 12.1. The van der Waals surface area contributed by atoms with Gasteiger partial charge in [-0.2, -0.15) is 0 Å². The average Bonchev–Trinajstić information content (AvgIpc) is 2.35. The SMILES string of the molecule is CCC(C)C(CO)NS(=O)(=O)c1cccc(Br)c1. The quantitative estimate of drug-likeness (QED) is 0.836. The molecule has 0 heterocycles. The second-order valence-electron chi connectivity index (χ2n) is 4.25. The Morgan fingerprint density at radius 1 is 1.44 bits per heavy atom. The van der Waals surface area contributed by atoms with Gasteiger partial charge in [-0.05, 0) is 24.1 Å². The third-order valence-corrected chi connectivity index (χ3v) is 4.92. The van der Waals surface area contributed by atoms with Gasteiger partial charge in [0.1, 0.15) is 0 Å². The lowest BCUT2D eigenvalue weighted by molar-refractivity contribution is 0.219. The number of rotatable bonds is 6. The van der Waals surface area contributed by atoms with Gasteiger partial charge in [0, 0.05) is 10.5 Å². The van der Waals surface area contributed by atoms with Gasteiger partial charge < -0.3 is 5.11 Å². The van der Waals surface area contributed by atoms with E-state index in [0.29, 0.717) is 4.47 Å². The number of benzene rings is 1. The van der Waals surface area contributed by atoms with E-state index >= 15 is 0 Å². The van der Waals surface area contributed by atoms with E-state index in [-0.39, 0.29) is 17.4 Å². The largest absolute Gasteiger partial charge is 0.395 e. The molecule has 1 aromatic carbocycles. The van der Waals surface area contributed by atoms with Crippen molar-refractivity contribution in [3.05, 3.63) is 28.7 Å². The van der Waals surface area contributed by atoms with Gasteiger partial charge in [0.05, 0.1) is 11.5 Å². The van der Waals surface area contributed by atoms with Crippen LogP contribution in [0.25, 0.3) is 0 Å². The van der Waals surface area contributed by atoms with Crippen LogP contribution in [0, 0.1) is 5.92 Å². The summed E-state index contributed by atoms with van der Waals surface area (Å²) in [7, 11) is -3.59. The van der Waals surface area contributed by atoms with Crippen molar-refractivity contribution in [1.29, 1.82) is 0 Å². The fourth-order valence-corrected chi connectivity index (χ4v) is 3.45. The number of aliphatic hydroxyl groups excluding tert-OH is 1. The molecule has 18 heavy (non-hydrogen) atoms. The zero-order valence-electron chi connectivity index (χ0n) is 10.4. The Morgan fingerprint density at radius 3 is 2.61 bits per heavy atom. The van der Waals surface area contributed by atoms with E-state index in [1.54, 1.807) is 12.1 Å². The summed E-state index contributed by atoms with van der Waals surface area (Å²) >= 11 is 3.24. The third kappa shape index (κ3) is 4.05. The fraction of sp³-hybridized carbons (Fsp3) is 0.500. The lowest BCUT2D eigenvalue weighted by atomic mass is 10.0. The lowest BCUT2D eigenvalue weighted by Gasteiger charge is -2.22. The Bertz CT molecular complexity index is 490. The molecular formula is C12H18BrNO3S. The second-order valence-corrected chi connectivity index (χ2v) is 6.88. The number of hydrogen-bond acceptors (Lipinski definition) is 3. The van der Waals surface area contributed by atoms with E-state index < -0.39 is 16.1 Å². The zero-order chi connectivity index (χ0) is 13.8. The molecule has 0 saturated heterocycles. The molecule has 0 aliphatic carbocycles. The Hall–Kier alpha value is -0.430. The van der Waals surface area contributed by atoms with Crippen molar-refractivity contribution < 1.29 is 13.5 Å². The van der Waals surface area contributed by atoms with Crippen LogP contribution < -0.4 is 4.72 Å². The smallest absolute Gasteiger partial charge is 0.240 e. The van der Waals surface area contributed by atoms with Crippen LogP contribution in [0.15, 0.2) is 33.6 Å². The molecule has 0 aliphatic heterocycles. The minimum Gasteiger partial charge on any atom is -0.395 e. The van der Waals surface area contributed by atoms with Gasteiger partial charge in [-0.25, -0.2) is 13.1 Å². The van der Waals surface area contributed by atoms with Crippen molar-refractivity contribution in [3.63, 3.8) is 0 Å². The molecule has 2 unspecified atom stereocenters. The molecule has 0 amide bonds. The summed E-state index contributed by atoms with van der Waals surface area (Å²) in [6.07, 6.45) is 0.798. The maximum Gasteiger partial charge on any atom is 0.240 e. The molecule has 1 rings (SSSR count). The van der Waals surface area contributed by atoms with Crippen LogP contribution in [0.4, 0.5) is 0 Å². The monoisotopic (exact) mass is 335 g/mol. The van der Waals surface area contributed by atoms with E-state index in [4.69, 9.17) is 0 Å². The highest BCUT2D eigenvalue weighted by Crippen LogP contribution is 2.17. The van der Waals surface area contributed by atoms with Crippen LogP contribution in [0.3, 0.4) is 0 Å². The fourth-order valence-electron chi connectivity index (χ4n) is 1.52. The first-order valence-corrected chi connectivity index (χ1v) is 8.07. The van der Waals surface area contributed by atoms with Crippen molar-refractivity contribution in [2.45, 2.75) is 31.2 Å². The van der Waals surface area contributed by atoms with Crippen molar-refractivity contribution in [2.24, 2.45) is 5.92 Å².